The molecule has 4 heteroatoms. The lowest BCUT2D eigenvalue weighted by Crippen LogP contribution is -1.90. The third kappa shape index (κ3) is 2.85. The van der Waals surface area contributed by atoms with E-state index in [2.05, 4.69) is 11.2 Å². The molecule has 0 atom stereocenters. The summed E-state index contributed by atoms with van der Waals surface area (Å²) in [5.41, 5.74) is 0.400. The van der Waals surface area contributed by atoms with Gasteiger partial charge in [-0.2, -0.15) is 0 Å². The quantitative estimate of drug-likeness (QED) is 0.520. The van der Waals surface area contributed by atoms with Crippen LogP contribution in [0.25, 0.3) is 0 Å². The summed E-state index contributed by atoms with van der Waals surface area (Å²) in [6.45, 7) is 1.40. The molecule has 0 unspecified atom stereocenters. The molecule has 0 spiro atoms. The van der Waals surface area contributed by atoms with Crippen LogP contribution in [0.5, 0.6) is 0 Å². The molecule has 0 saturated carbocycles. The van der Waals surface area contributed by atoms with Crippen molar-refractivity contribution in [1.82, 2.24) is 0 Å². The molecule has 1 aromatic rings. The highest BCUT2D eigenvalue weighted by molar-refractivity contribution is 14.2. The fourth-order valence-corrected chi connectivity index (χ4v) is 1.28. The zero-order valence-corrected chi connectivity index (χ0v) is 9.67. The first-order valence-electron chi connectivity index (χ1n) is 3.39. The molecule has 0 aliphatic rings. The molecule has 0 fully saturated rings. The van der Waals surface area contributed by atoms with Crippen LogP contribution in [0.2, 0.25) is 0 Å². The summed E-state index contributed by atoms with van der Waals surface area (Å²) in [5.74, 6) is 1.52. The smallest absolute Gasteiger partial charge is 0.130 e. The van der Waals surface area contributed by atoms with E-state index in [1.807, 2.05) is 21.2 Å². The topological polar surface area (TPSA) is 0 Å². The zero-order valence-electron chi connectivity index (χ0n) is 6.70. The highest BCUT2D eigenvalue weighted by Crippen LogP contribution is 2.14. The first-order valence-corrected chi connectivity index (χ1v) is 6.75. The lowest BCUT2D eigenvalue weighted by atomic mass is 10.1. The summed E-state index contributed by atoms with van der Waals surface area (Å²) in [5, 5.41) is 2.66. The summed E-state index contributed by atoms with van der Waals surface area (Å²) in [7, 11) is 1.28. The van der Waals surface area contributed by atoms with Crippen molar-refractivity contribution < 1.29 is 8.78 Å². The van der Waals surface area contributed by atoms with E-state index in [1.54, 1.807) is 0 Å². The number of rotatable bonds is 0. The highest BCUT2D eigenvalue weighted by Gasteiger charge is 2.04. The molecule has 68 valence electrons. The summed E-state index contributed by atoms with van der Waals surface area (Å²) < 4.78 is 25.9. The fraction of sp³-hybridized carbons (Fsp3) is 0.111. The third-order valence-electron chi connectivity index (χ3n) is 1.51. The molecule has 0 radical (unpaired) electrons. The third-order valence-corrected chi connectivity index (χ3v) is 2.35. The van der Waals surface area contributed by atoms with Crippen molar-refractivity contribution in [2.45, 2.75) is 6.92 Å². The number of hydrogen-bond donors (Lipinski definition) is 0. The molecule has 0 aromatic heterocycles. The van der Waals surface area contributed by atoms with Crippen LogP contribution in [0.4, 0.5) is 8.78 Å². The van der Waals surface area contributed by atoms with Crippen molar-refractivity contribution in [3.05, 3.63) is 34.9 Å². The molecule has 0 aliphatic heterocycles. The van der Waals surface area contributed by atoms with Crippen molar-refractivity contribution >= 4 is 30.1 Å². The molecule has 0 heterocycles. The van der Waals surface area contributed by atoms with Crippen LogP contribution in [-0.4, -0.2) is 0 Å². The predicted molar refractivity (Wildman–Crippen MR) is 59.6 cm³/mol. The molecule has 0 amide bonds. The van der Waals surface area contributed by atoms with Crippen LogP contribution < -0.4 is 0 Å². The Morgan fingerprint density at radius 3 is 2.31 bits per heavy atom. The minimum Gasteiger partial charge on any atom is -0.207 e. The zero-order chi connectivity index (χ0) is 9.84. The van der Waals surface area contributed by atoms with Crippen LogP contribution in [0.15, 0.2) is 12.1 Å². The van der Waals surface area contributed by atoms with E-state index in [-0.39, 0.29) is 5.56 Å². The molecular weight excluding hydrogens is 305 g/mol. The van der Waals surface area contributed by atoms with Gasteiger partial charge >= 0.3 is 0 Å². The first-order chi connectivity index (χ1) is 6.15. The number of hydrogen-bond acceptors (Lipinski definition) is 1. The average Bonchev–Trinajstić information content (AvgIpc) is 2.10. The van der Waals surface area contributed by atoms with Gasteiger partial charge in [0.2, 0.25) is 0 Å². The SMILES string of the molecule is Cc1c(F)cc(C#CSI)cc1F. The Bertz CT molecular complexity index is 356. The lowest BCUT2D eigenvalue weighted by Gasteiger charge is -1.98. The monoisotopic (exact) mass is 310 g/mol. The van der Waals surface area contributed by atoms with Gasteiger partial charge in [0.1, 0.15) is 11.6 Å². The van der Waals surface area contributed by atoms with Crippen LogP contribution in [0.3, 0.4) is 0 Å². The molecule has 0 N–H and O–H groups in total. The second kappa shape index (κ2) is 4.82. The van der Waals surface area contributed by atoms with Crippen molar-refractivity contribution in [1.29, 1.82) is 0 Å². The molecule has 0 saturated heterocycles. The van der Waals surface area contributed by atoms with E-state index >= 15 is 0 Å². The summed E-state index contributed by atoms with van der Waals surface area (Å²) >= 11 is 1.99. The Morgan fingerprint density at radius 2 is 1.85 bits per heavy atom. The van der Waals surface area contributed by atoms with Gasteiger partial charge in [0, 0.05) is 32.3 Å². The van der Waals surface area contributed by atoms with E-state index in [0.717, 1.165) is 0 Å². The molecular formula is C9H5F2IS. The van der Waals surface area contributed by atoms with Crippen LogP contribution >= 0.6 is 30.1 Å². The van der Waals surface area contributed by atoms with Crippen LogP contribution in [-0.2, 0) is 0 Å². The standard InChI is InChI=1S/C9H5F2IS/c1-6-8(10)4-7(2-3-13-12)5-9(6)11/h4-5H,1H3. The van der Waals surface area contributed by atoms with Gasteiger partial charge in [-0.1, -0.05) is 5.92 Å². The molecule has 0 nitrogen and oxygen atoms in total. The Balaban J connectivity index is 3.13. The number of benzene rings is 1. The molecule has 0 aliphatic carbocycles. The first kappa shape index (κ1) is 10.8. The highest BCUT2D eigenvalue weighted by atomic mass is 127. The van der Waals surface area contributed by atoms with E-state index < -0.39 is 11.6 Å². The van der Waals surface area contributed by atoms with E-state index in [9.17, 15) is 8.78 Å². The normalized spacial score (nSPS) is 9.23. The summed E-state index contributed by atoms with van der Waals surface area (Å²) in [6, 6.07) is 2.47. The van der Waals surface area contributed by atoms with Crippen LogP contribution in [0.1, 0.15) is 11.1 Å². The average molecular weight is 310 g/mol. The van der Waals surface area contributed by atoms with Crippen molar-refractivity contribution in [3.8, 4) is 11.2 Å². The van der Waals surface area contributed by atoms with Gasteiger partial charge < -0.3 is 0 Å². The second-order valence-electron chi connectivity index (χ2n) is 2.37. The fourth-order valence-electron chi connectivity index (χ4n) is 0.796. The van der Waals surface area contributed by atoms with Crippen molar-refractivity contribution in [2.75, 3.05) is 0 Å². The van der Waals surface area contributed by atoms with Gasteiger partial charge in [0.05, 0.1) is 0 Å². The number of halogens is 3. The Hall–Kier alpha value is -0.280. The molecule has 13 heavy (non-hydrogen) atoms. The Labute approximate surface area is 91.7 Å². The van der Waals surface area contributed by atoms with Gasteiger partial charge in [-0.3, -0.25) is 0 Å². The van der Waals surface area contributed by atoms with Crippen molar-refractivity contribution in [3.63, 3.8) is 0 Å². The van der Waals surface area contributed by atoms with Gasteiger partial charge in [0.15, 0.2) is 0 Å². The summed E-state index contributed by atoms with van der Waals surface area (Å²) in [6.07, 6.45) is 0. The predicted octanol–water partition coefficient (Wildman–Crippen LogP) is 3.67. The maximum absolute atomic E-state index is 13.0. The van der Waals surface area contributed by atoms with Gasteiger partial charge in [-0.05, 0) is 33.2 Å². The second-order valence-corrected chi connectivity index (χ2v) is 4.05. The van der Waals surface area contributed by atoms with Gasteiger partial charge in [-0.25, -0.2) is 8.78 Å². The summed E-state index contributed by atoms with van der Waals surface area (Å²) in [4.78, 5) is 0. The Kier molecular flexibility index (Phi) is 4.00. The van der Waals surface area contributed by atoms with Crippen molar-refractivity contribution in [2.24, 2.45) is 0 Å². The minimum atomic E-state index is -0.553. The van der Waals surface area contributed by atoms with Gasteiger partial charge in [0.25, 0.3) is 0 Å². The lowest BCUT2D eigenvalue weighted by molar-refractivity contribution is 0.567. The Morgan fingerprint density at radius 1 is 1.31 bits per heavy atom. The maximum Gasteiger partial charge on any atom is 0.130 e. The van der Waals surface area contributed by atoms with E-state index in [1.165, 1.54) is 28.0 Å². The molecule has 0 bridgehead atoms. The van der Waals surface area contributed by atoms with Gasteiger partial charge in [-0.15, -0.1) is 0 Å². The molecule has 1 rings (SSSR count). The van der Waals surface area contributed by atoms with E-state index in [0.29, 0.717) is 5.56 Å². The van der Waals surface area contributed by atoms with Crippen LogP contribution in [0, 0.1) is 29.7 Å². The molecule has 1 aromatic carbocycles. The largest absolute Gasteiger partial charge is 0.207 e. The van der Waals surface area contributed by atoms with E-state index in [4.69, 9.17) is 0 Å². The maximum atomic E-state index is 13.0. The minimum absolute atomic E-state index is 0.0349.